The van der Waals surface area contributed by atoms with Gasteiger partial charge < -0.3 is 5.11 Å². The van der Waals surface area contributed by atoms with E-state index in [1.165, 1.54) is 36.8 Å². The van der Waals surface area contributed by atoms with Gasteiger partial charge in [0.1, 0.15) is 0 Å². The Bertz CT molecular complexity index is 778. The molecule has 3 saturated carbocycles. The Morgan fingerprint density at radius 1 is 1.21 bits per heavy atom. The van der Waals surface area contributed by atoms with Crippen molar-refractivity contribution in [3.8, 4) is 0 Å². The highest BCUT2D eigenvalue weighted by Gasteiger charge is 2.50. The first kappa shape index (κ1) is 15.1. The number of rotatable bonds is 6. The van der Waals surface area contributed by atoms with Gasteiger partial charge in [0.15, 0.2) is 0 Å². The van der Waals surface area contributed by atoms with Crippen molar-refractivity contribution in [1.29, 1.82) is 0 Å². The Morgan fingerprint density at radius 3 is 2.82 bits per heavy atom. The van der Waals surface area contributed by atoms with Crippen LogP contribution in [-0.2, 0) is 0 Å². The van der Waals surface area contributed by atoms with Crippen LogP contribution >= 0.6 is 0 Å². The molecule has 0 aromatic heterocycles. The van der Waals surface area contributed by atoms with Gasteiger partial charge in [-0.25, -0.2) is 0 Å². The van der Waals surface area contributed by atoms with Crippen LogP contribution in [0.25, 0.3) is 0 Å². The molecular weight excluding hydrogens is 340 g/mol. The largest absolute Gasteiger partial charge is 0.393 e. The predicted molar refractivity (Wildman–Crippen MR) is 121 cm³/mol. The molecule has 0 amide bonds. The number of aliphatic hydroxyl groups excluding tert-OH is 1. The zero-order valence-electron chi connectivity index (χ0n) is 24.0. The van der Waals surface area contributed by atoms with Gasteiger partial charge in [0.2, 0.25) is 0 Å². The molecule has 0 bridgehead atoms. The van der Waals surface area contributed by atoms with Crippen LogP contribution in [0.15, 0.2) is 35.5 Å². The predicted octanol–water partition coefficient (Wildman–Crippen LogP) is 7.62. The van der Waals surface area contributed by atoms with Crippen molar-refractivity contribution in [3.63, 3.8) is 0 Å². The summed E-state index contributed by atoms with van der Waals surface area (Å²) in [6.07, 6.45) is 14.4. The van der Waals surface area contributed by atoms with E-state index in [9.17, 15) is 5.11 Å². The number of aliphatic hydroxyl groups is 1. The van der Waals surface area contributed by atoms with Crippen molar-refractivity contribution in [3.05, 3.63) is 35.5 Å². The van der Waals surface area contributed by atoms with Crippen molar-refractivity contribution < 1.29 is 13.3 Å². The minimum atomic E-state index is -2.43. The molecule has 0 radical (unpaired) electrons. The highest BCUT2D eigenvalue weighted by Crippen LogP contribution is 2.59. The van der Waals surface area contributed by atoms with Gasteiger partial charge in [-0.05, 0) is 86.0 Å². The Kier molecular flexibility index (Phi) is 5.02. The van der Waals surface area contributed by atoms with Gasteiger partial charge in [-0.1, -0.05) is 76.7 Å². The van der Waals surface area contributed by atoms with E-state index in [0.29, 0.717) is 30.6 Å². The van der Waals surface area contributed by atoms with Crippen molar-refractivity contribution in [2.75, 3.05) is 0 Å². The van der Waals surface area contributed by atoms with Crippen LogP contribution in [0.4, 0.5) is 0 Å². The van der Waals surface area contributed by atoms with Gasteiger partial charge in [-0.15, -0.1) is 0 Å². The second-order valence-corrected chi connectivity index (χ2v) is 9.99. The molecule has 0 saturated heterocycles. The molecule has 0 aliphatic heterocycles. The van der Waals surface area contributed by atoms with E-state index in [4.69, 9.17) is 8.22 Å². The SMILES string of the molecule is [2H]C([2H])([2H])C(CCC[C@@H](C)[C@H]1CC[C@H]2C(=C/C=C3/C[C@@H](O)CCC3=C)CCC[C@]12C)C([2H])([2H])[2H]. The summed E-state index contributed by atoms with van der Waals surface area (Å²) in [6, 6.07) is 0. The first-order chi connectivity index (χ1) is 15.7. The van der Waals surface area contributed by atoms with Crippen LogP contribution in [-0.4, -0.2) is 11.2 Å². The minimum Gasteiger partial charge on any atom is -0.393 e. The van der Waals surface area contributed by atoms with Gasteiger partial charge in [-0.2, -0.15) is 0 Å². The summed E-state index contributed by atoms with van der Waals surface area (Å²) in [5.41, 5.74) is 4.14. The molecule has 0 spiro atoms. The van der Waals surface area contributed by atoms with Crippen LogP contribution < -0.4 is 0 Å². The Balaban J connectivity index is 1.65. The fourth-order valence-electron chi connectivity index (χ4n) is 6.45. The summed E-state index contributed by atoms with van der Waals surface area (Å²) in [6.45, 7) is 4.06. The zero-order chi connectivity index (χ0) is 25.3. The fourth-order valence-corrected chi connectivity index (χ4v) is 6.45. The molecule has 1 nitrogen and oxygen atoms in total. The maximum atomic E-state index is 10.1. The van der Waals surface area contributed by atoms with Gasteiger partial charge in [-0.3, -0.25) is 0 Å². The summed E-state index contributed by atoms with van der Waals surface area (Å²) >= 11 is 0. The molecule has 0 heterocycles. The fraction of sp³-hybridized carbons (Fsp3) is 0.778. The molecule has 1 N–H and O–H groups in total. The Labute approximate surface area is 182 Å². The summed E-state index contributed by atoms with van der Waals surface area (Å²) in [5.74, 6) is 0.378. The highest BCUT2D eigenvalue weighted by molar-refractivity contribution is 5.36. The van der Waals surface area contributed by atoms with E-state index in [1.54, 1.807) is 0 Å². The van der Waals surface area contributed by atoms with Gasteiger partial charge >= 0.3 is 0 Å². The first-order valence-corrected chi connectivity index (χ1v) is 11.5. The van der Waals surface area contributed by atoms with Crippen molar-refractivity contribution >= 4 is 0 Å². The number of fused-ring (bicyclic) bond motifs is 1. The lowest BCUT2D eigenvalue weighted by atomic mass is 9.60. The van der Waals surface area contributed by atoms with Crippen molar-refractivity contribution in [2.45, 2.75) is 104 Å². The van der Waals surface area contributed by atoms with Crippen LogP contribution in [0, 0.1) is 29.1 Å². The molecule has 3 rings (SSSR count). The smallest absolute Gasteiger partial charge is 0.0583 e. The lowest BCUT2D eigenvalue weighted by molar-refractivity contribution is 0.0929. The summed E-state index contributed by atoms with van der Waals surface area (Å²) < 4.78 is 45.9. The summed E-state index contributed by atoms with van der Waals surface area (Å²) in [7, 11) is 0. The lowest BCUT2D eigenvalue weighted by Gasteiger charge is -2.44. The van der Waals surface area contributed by atoms with Gasteiger partial charge in [0.05, 0.1) is 6.10 Å². The second kappa shape index (κ2) is 9.33. The quantitative estimate of drug-likeness (QED) is 0.494. The number of hydrogen-bond donors (Lipinski definition) is 1. The molecule has 3 aliphatic rings. The topological polar surface area (TPSA) is 20.2 Å². The van der Waals surface area contributed by atoms with Gasteiger partial charge in [0.25, 0.3) is 0 Å². The standard InChI is InChI=1S/C27H44O/c1-19(2)8-6-9-21(4)25-15-16-26-22(10-7-17-27(25,26)5)12-13-23-18-24(28)14-11-20(23)3/h12-13,19,21,24-26,28H,3,6-11,14-18H2,1-2,4-5H3/b22-12?,23-13-/t21-,24+,25-,26+,27-/m1/s1/i1D3,2D3. The maximum Gasteiger partial charge on any atom is 0.0583 e. The summed E-state index contributed by atoms with van der Waals surface area (Å²) in [5, 5.41) is 10.1. The molecule has 1 heteroatoms. The van der Waals surface area contributed by atoms with Crippen LogP contribution in [0.1, 0.15) is 106 Å². The van der Waals surface area contributed by atoms with E-state index < -0.39 is 19.6 Å². The van der Waals surface area contributed by atoms with E-state index in [1.807, 2.05) is 0 Å². The average Bonchev–Trinajstić information content (AvgIpc) is 3.07. The maximum absolute atomic E-state index is 10.1. The van der Waals surface area contributed by atoms with E-state index >= 15 is 0 Å². The zero-order valence-corrected chi connectivity index (χ0v) is 18.0. The Morgan fingerprint density at radius 2 is 2.04 bits per heavy atom. The molecule has 5 atom stereocenters. The third-order valence-corrected chi connectivity index (χ3v) is 8.06. The number of hydrogen-bond acceptors (Lipinski definition) is 1. The second-order valence-electron chi connectivity index (χ2n) is 9.99. The third-order valence-electron chi connectivity index (χ3n) is 8.06. The van der Waals surface area contributed by atoms with E-state index in [2.05, 4.69) is 32.6 Å². The van der Waals surface area contributed by atoms with Crippen LogP contribution in [0.3, 0.4) is 0 Å². The molecular formula is C27H44O. The van der Waals surface area contributed by atoms with E-state index in [-0.39, 0.29) is 17.9 Å². The Hall–Kier alpha value is -0.820. The summed E-state index contributed by atoms with van der Waals surface area (Å²) in [4.78, 5) is 0. The molecule has 3 aliphatic carbocycles. The minimum absolute atomic E-state index is 0.235. The average molecular weight is 391 g/mol. The number of allylic oxidation sites excluding steroid dienone is 4. The first-order valence-electron chi connectivity index (χ1n) is 14.5. The monoisotopic (exact) mass is 390 g/mol. The highest BCUT2D eigenvalue weighted by atomic mass is 16.3. The molecule has 28 heavy (non-hydrogen) atoms. The third kappa shape index (κ3) is 4.84. The van der Waals surface area contributed by atoms with Crippen molar-refractivity contribution in [1.82, 2.24) is 0 Å². The normalized spacial score (nSPS) is 41.7. The molecule has 3 fully saturated rings. The van der Waals surface area contributed by atoms with Crippen LogP contribution in [0.5, 0.6) is 0 Å². The van der Waals surface area contributed by atoms with Gasteiger partial charge in [0, 0.05) is 8.22 Å². The molecule has 0 aromatic rings. The molecule has 0 unspecified atom stereocenters. The lowest BCUT2D eigenvalue weighted by Crippen LogP contribution is -2.36. The van der Waals surface area contributed by atoms with Crippen molar-refractivity contribution in [2.24, 2.45) is 29.1 Å². The van der Waals surface area contributed by atoms with E-state index in [0.717, 1.165) is 31.3 Å². The van der Waals surface area contributed by atoms with Crippen LogP contribution in [0.2, 0.25) is 0 Å². The molecule has 0 aromatic carbocycles. The molecule has 158 valence electrons.